The first-order chi connectivity index (χ1) is 10.4. The van der Waals surface area contributed by atoms with Crippen molar-refractivity contribution in [3.63, 3.8) is 0 Å². The standard InChI is InChI=1S/C16H18BrNO3S/c1-3-21-15-7-9-16(10-8-15)22(19,20)18-12(2)13-5-4-6-14(17)11-13/h4-12,18H,3H2,1-2H3/t12-/m1/s1. The van der Waals surface area contributed by atoms with Crippen molar-refractivity contribution in [1.29, 1.82) is 0 Å². The Labute approximate surface area is 139 Å². The van der Waals surface area contributed by atoms with Crippen molar-refractivity contribution in [1.82, 2.24) is 4.72 Å². The molecule has 0 aromatic heterocycles. The van der Waals surface area contributed by atoms with Crippen LogP contribution in [-0.4, -0.2) is 15.0 Å². The highest BCUT2D eigenvalue weighted by Crippen LogP contribution is 2.21. The molecule has 2 aromatic rings. The SMILES string of the molecule is CCOc1ccc(S(=O)(=O)N[C@H](C)c2cccc(Br)c2)cc1. The monoisotopic (exact) mass is 383 g/mol. The number of hydrogen-bond acceptors (Lipinski definition) is 3. The summed E-state index contributed by atoms with van der Waals surface area (Å²) in [6.07, 6.45) is 0. The van der Waals surface area contributed by atoms with Gasteiger partial charge in [0.2, 0.25) is 10.0 Å². The van der Waals surface area contributed by atoms with Gasteiger partial charge in [-0.05, 0) is 55.8 Å². The molecule has 0 aliphatic heterocycles. The van der Waals surface area contributed by atoms with E-state index in [2.05, 4.69) is 20.7 Å². The molecule has 1 atom stereocenters. The van der Waals surface area contributed by atoms with Gasteiger partial charge in [-0.3, -0.25) is 0 Å². The van der Waals surface area contributed by atoms with Crippen molar-refractivity contribution in [2.45, 2.75) is 24.8 Å². The lowest BCUT2D eigenvalue weighted by Crippen LogP contribution is -2.26. The van der Waals surface area contributed by atoms with E-state index in [1.165, 1.54) is 0 Å². The number of rotatable bonds is 6. The summed E-state index contributed by atoms with van der Waals surface area (Å²) < 4.78 is 33.7. The molecule has 0 aliphatic carbocycles. The first-order valence-electron chi connectivity index (χ1n) is 6.93. The zero-order valence-electron chi connectivity index (χ0n) is 12.4. The summed E-state index contributed by atoms with van der Waals surface area (Å²) in [5.74, 6) is 0.654. The van der Waals surface area contributed by atoms with Crippen LogP contribution in [0.15, 0.2) is 57.9 Å². The third-order valence-electron chi connectivity index (χ3n) is 3.13. The molecule has 0 bridgehead atoms. The zero-order valence-corrected chi connectivity index (χ0v) is 14.8. The molecule has 1 N–H and O–H groups in total. The highest BCUT2D eigenvalue weighted by atomic mass is 79.9. The predicted octanol–water partition coefficient (Wildman–Crippen LogP) is 3.89. The third-order valence-corrected chi connectivity index (χ3v) is 5.18. The minimum Gasteiger partial charge on any atom is -0.494 e. The summed E-state index contributed by atoms with van der Waals surface area (Å²) in [5.41, 5.74) is 0.892. The second-order valence-corrected chi connectivity index (χ2v) is 7.43. The van der Waals surface area contributed by atoms with E-state index in [-0.39, 0.29) is 10.9 Å². The predicted molar refractivity (Wildman–Crippen MR) is 90.5 cm³/mol. The van der Waals surface area contributed by atoms with E-state index in [4.69, 9.17) is 4.74 Å². The smallest absolute Gasteiger partial charge is 0.241 e. The van der Waals surface area contributed by atoms with Crippen LogP contribution in [0.25, 0.3) is 0 Å². The number of benzene rings is 2. The van der Waals surface area contributed by atoms with Crippen LogP contribution in [0.5, 0.6) is 5.75 Å². The molecular formula is C16H18BrNO3S. The molecule has 118 valence electrons. The van der Waals surface area contributed by atoms with Gasteiger partial charge in [0, 0.05) is 10.5 Å². The largest absolute Gasteiger partial charge is 0.494 e. The molecule has 0 amide bonds. The maximum Gasteiger partial charge on any atom is 0.241 e. The van der Waals surface area contributed by atoms with E-state index in [0.717, 1.165) is 10.0 Å². The van der Waals surface area contributed by atoms with E-state index < -0.39 is 10.0 Å². The topological polar surface area (TPSA) is 55.4 Å². The molecule has 0 saturated heterocycles. The number of nitrogens with one attached hydrogen (secondary N) is 1. The number of ether oxygens (including phenoxy) is 1. The van der Waals surface area contributed by atoms with Crippen LogP contribution in [0.3, 0.4) is 0 Å². The first kappa shape index (κ1) is 17.0. The van der Waals surface area contributed by atoms with Crippen LogP contribution in [0.2, 0.25) is 0 Å². The Morgan fingerprint density at radius 3 is 2.45 bits per heavy atom. The Hall–Kier alpha value is -1.37. The van der Waals surface area contributed by atoms with Gasteiger partial charge in [-0.1, -0.05) is 28.1 Å². The molecule has 0 unspecified atom stereocenters. The van der Waals surface area contributed by atoms with Gasteiger partial charge in [-0.15, -0.1) is 0 Å². The van der Waals surface area contributed by atoms with Crippen molar-refractivity contribution < 1.29 is 13.2 Å². The van der Waals surface area contributed by atoms with Crippen LogP contribution in [0.4, 0.5) is 0 Å². The van der Waals surface area contributed by atoms with Crippen molar-refractivity contribution in [3.05, 3.63) is 58.6 Å². The fourth-order valence-electron chi connectivity index (χ4n) is 2.03. The van der Waals surface area contributed by atoms with Crippen LogP contribution < -0.4 is 9.46 Å². The zero-order chi connectivity index (χ0) is 16.2. The summed E-state index contributed by atoms with van der Waals surface area (Å²) in [4.78, 5) is 0.220. The van der Waals surface area contributed by atoms with Crippen LogP contribution in [0, 0.1) is 0 Å². The van der Waals surface area contributed by atoms with Gasteiger partial charge in [-0.25, -0.2) is 13.1 Å². The Kier molecular flexibility index (Phi) is 5.61. The van der Waals surface area contributed by atoms with Crippen LogP contribution >= 0.6 is 15.9 Å². The van der Waals surface area contributed by atoms with Gasteiger partial charge in [0.25, 0.3) is 0 Å². The van der Waals surface area contributed by atoms with Gasteiger partial charge < -0.3 is 4.74 Å². The minimum absolute atomic E-state index is 0.220. The summed E-state index contributed by atoms with van der Waals surface area (Å²) in [5, 5.41) is 0. The Bertz CT molecular complexity index is 729. The van der Waals surface area contributed by atoms with Crippen LogP contribution in [-0.2, 0) is 10.0 Å². The molecule has 0 saturated carbocycles. The van der Waals surface area contributed by atoms with E-state index in [1.54, 1.807) is 24.3 Å². The maximum absolute atomic E-state index is 12.4. The molecule has 6 heteroatoms. The number of sulfonamides is 1. The normalized spacial score (nSPS) is 12.9. The minimum atomic E-state index is -3.57. The first-order valence-corrected chi connectivity index (χ1v) is 9.20. The quantitative estimate of drug-likeness (QED) is 0.822. The molecule has 0 spiro atoms. The van der Waals surface area contributed by atoms with E-state index in [9.17, 15) is 8.42 Å². The second-order valence-electron chi connectivity index (χ2n) is 4.80. The van der Waals surface area contributed by atoms with Crippen molar-refractivity contribution in [2.24, 2.45) is 0 Å². The molecule has 0 heterocycles. The van der Waals surface area contributed by atoms with Crippen molar-refractivity contribution in [3.8, 4) is 5.75 Å². The Morgan fingerprint density at radius 2 is 1.86 bits per heavy atom. The fraction of sp³-hybridized carbons (Fsp3) is 0.250. The lowest BCUT2D eigenvalue weighted by molar-refractivity contribution is 0.340. The molecule has 0 radical (unpaired) electrons. The molecule has 4 nitrogen and oxygen atoms in total. The van der Waals surface area contributed by atoms with E-state index >= 15 is 0 Å². The second kappa shape index (κ2) is 7.26. The molecule has 2 aromatic carbocycles. The Balaban J connectivity index is 2.16. The fourth-order valence-corrected chi connectivity index (χ4v) is 3.68. The molecule has 2 rings (SSSR count). The number of halogens is 1. The highest BCUT2D eigenvalue weighted by Gasteiger charge is 2.18. The lowest BCUT2D eigenvalue weighted by Gasteiger charge is -2.15. The van der Waals surface area contributed by atoms with Crippen molar-refractivity contribution in [2.75, 3.05) is 6.61 Å². The molecular weight excluding hydrogens is 366 g/mol. The van der Waals surface area contributed by atoms with Crippen LogP contribution in [0.1, 0.15) is 25.5 Å². The van der Waals surface area contributed by atoms with Crippen molar-refractivity contribution >= 4 is 26.0 Å². The lowest BCUT2D eigenvalue weighted by atomic mass is 10.1. The maximum atomic E-state index is 12.4. The van der Waals surface area contributed by atoms with Gasteiger partial charge in [0.15, 0.2) is 0 Å². The average molecular weight is 384 g/mol. The summed E-state index contributed by atoms with van der Waals surface area (Å²) >= 11 is 3.39. The summed E-state index contributed by atoms with van der Waals surface area (Å²) in [6, 6.07) is 13.6. The van der Waals surface area contributed by atoms with Gasteiger partial charge in [0.1, 0.15) is 5.75 Å². The van der Waals surface area contributed by atoms with E-state index in [0.29, 0.717) is 12.4 Å². The Morgan fingerprint density at radius 1 is 1.18 bits per heavy atom. The third kappa shape index (κ3) is 4.32. The average Bonchev–Trinajstić information content (AvgIpc) is 2.48. The summed E-state index contributed by atoms with van der Waals surface area (Å²) in [6.45, 7) is 4.24. The highest BCUT2D eigenvalue weighted by molar-refractivity contribution is 9.10. The molecule has 0 aliphatic rings. The van der Waals surface area contributed by atoms with Gasteiger partial charge in [0.05, 0.1) is 11.5 Å². The summed E-state index contributed by atoms with van der Waals surface area (Å²) in [7, 11) is -3.57. The number of hydrogen-bond donors (Lipinski definition) is 1. The van der Waals surface area contributed by atoms with Gasteiger partial charge >= 0.3 is 0 Å². The van der Waals surface area contributed by atoms with Gasteiger partial charge in [-0.2, -0.15) is 0 Å². The van der Waals surface area contributed by atoms with E-state index in [1.807, 2.05) is 38.1 Å². The molecule has 0 fully saturated rings. The molecule has 22 heavy (non-hydrogen) atoms.